The van der Waals surface area contributed by atoms with E-state index in [1.807, 2.05) is 13.2 Å². The van der Waals surface area contributed by atoms with Crippen LogP contribution in [0.15, 0.2) is 12.4 Å². The summed E-state index contributed by atoms with van der Waals surface area (Å²) >= 11 is 0. The third-order valence-electron chi connectivity index (χ3n) is 4.27. The number of carbonyl (C=O) groups excluding carboxylic acids is 2. The minimum atomic E-state index is -0.643. The van der Waals surface area contributed by atoms with Crippen LogP contribution in [0.1, 0.15) is 37.7 Å². The molecule has 1 saturated carbocycles. The SMILES string of the molecule is Cn1cc(CN2CCC(=O)NC3(CCCC3)C2=O)cn1. The van der Waals surface area contributed by atoms with Crippen LogP contribution in [0, 0.1) is 0 Å². The van der Waals surface area contributed by atoms with Gasteiger partial charge in [0.25, 0.3) is 0 Å². The fourth-order valence-corrected chi connectivity index (χ4v) is 3.27. The van der Waals surface area contributed by atoms with Crippen LogP contribution in [0.5, 0.6) is 0 Å². The molecule has 2 amide bonds. The summed E-state index contributed by atoms with van der Waals surface area (Å²) in [6.45, 7) is 1.02. The number of nitrogens with zero attached hydrogens (tertiary/aromatic N) is 3. The third kappa shape index (κ3) is 2.30. The Labute approximate surface area is 118 Å². The van der Waals surface area contributed by atoms with E-state index < -0.39 is 5.54 Å². The first-order valence-corrected chi connectivity index (χ1v) is 7.17. The summed E-state index contributed by atoms with van der Waals surface area (Å²) < 4.78 is 1.73. The summed E-state index contributed by atoms with van der Waals surface area (Å²) in [4.78, 5) is 26.5. The molecule has 2 aliphatic rings. The lowest BCUT2D eigenvalue weighted by atomic mass is 9.96. The van der Waals surface area contributed by atoms with Crippen LogP contribution in [0.3, 0.4) is 0 Å². The molecule has 0 aromatic carbocycles. The minimum Gasteiger partial charge on any atom is -0.342 e. The van der Waals surface area contributed by atoms with Gasteiger partial charge in [0.05, 0.1) is 6.20 Å². The van der Waals surface area contributed by atoms with E-state index in [1.165, 1.54) is 0 Å². The van der Waals surface area contributed by atoms with Crippen molar-refractivity contribution in [2.75, 3.05) is 6.54 Å². The van der Waals surface area contributed by atoms with Crippen molar-refractivity contribution in [2.45, 2.75) is 44.2 Å². The fourth-order valence-electron chi connectivity index (χ4n) is 3.27. The summed E-state index contributed by atoms with van der Waals surface area (Å²) in [6, 6.07) is 0. The van der Waals surface area contributed by atoms with Crippen LogP contribution < -0.4 is 5.32 Å². The number of hydrogen-bond acceptors (Lipinski definition) is 3. The molecule has 6 heteroatoms. The molecule has 6 nitrogen and oxygen atoms in total. The van der Waals surface area contributed by atoms with Crippen molar-refractivity contribution >= 4 is 11.8 Å². The zero-order chi connectivity index (χ0) is 14.2. The van der Waals surface area contributed by atoms with Gasteiger partial charge in [-0.15, -0.1) is 0 Å². The molecule has 108 valence electrons. The molecular weight excluding hydrogens is 256 g/mol. The second kappa shape index (κ2) is 4.92. The molecule has 3 rings (SSSR count). The molecule has 1 aromatic heterocycles. The Morgan fingerprint density at radius 1 is 1.35 bits per heavy atom. The molecule has 0 bridgehead atoms. The molecule has 1 aliphatic carbocycles. The molecule has 1 spiro atoms. The molecule has 1 N–H and O–H groups in total. The van der Waals surface area contributed by atoms with Crippen molar-refractivity contribution < 1.29 is 9.59 Å². The zero-order valence-corrected chi connectivity index (χ0v) is 11.8. The summed E-state index contributed by atoms with van der Waals surface area (Å²) in [5.41, 5.74) is 0.360. The van der Waals surface area contributed by atoms with E-state index >= 15 is 0 Å². The summed E-state index contributed by atoms with van der Waals surface area (Å²) in [6.07, 6.45) is 7.61. The molecule has 20 heavy (non-hydrogen) atoms. The van der Waals surface area contributed by atoms with E-state index in [4.69, 9.17) is 0 Å². The standard InChI is InChI=1S/C14H20N4O2/c1-17-9-11(8-15-17)10-18-7-4-12(19)16-14(13(18)20)5-2-3-6-14/h8-9H,2-7,10H2,1H3,(H,16,19). The quantitative estimate of drug-likeness (QED) is 0.859. The van der Waals surface area contributed by atoms with E-state index in [0.717, 1.165) is 31.2 Å². The van der Waals surface area contributed by atoms with E-state index in [-0.39, 0.29) is 11.8 Å². The maximum atomic E-state index is 12.8. The lowest BCUT2D eigenvalue weighted by Crippen LogP contribution is -2.55. The largest absolute Gasteiger partial charge is 0.342 e. The molecule has 1 saturated heterocycles. The second-order valence-corrected chi connectivity index (χ2v) is 5.84. The lowest BCUT2D eigenvalue weighted by molar-refractivity contribution is -0.139. The van der Waals surface area contributed by atoms with Crippen molar-refractivity contribution in [3.8, 4) is 0 Å². The topological polar surface area (TPSA) is 67.2 Å². The average molecular weight is 276 g/mol. The van der Waals surface area contributed by atoms with Gasteiger partial charge in [-0.3, -0.25) is 14.3 Å². The molecule has 1 aliphatic heterocycles. The second-order valence-electron chi connectivity index (χ2n) is 5.84. The number of amides is 2. The normalized spacial score (nSPS) is 22.1. The van der Waals surface area contributed by atoms with Gasteiger partial charge < -0.3 is 10.2 Å². The molecular formula is C14H20N4O2. The summed E-state index contributed by atoms with van der Waals surface area (Å²) in [7, 11) is 1.86. The minimum absolute atomic E-state index is 0.00561. The summed E-state index contributed by atoms with van der Waals surface area (Å²) in [5, 5.41) is 7.10. The molecule has 0 atom stereocenters. The van der Waals surface area contributed by atoms with Crippen molar-refractivity contribution in [2.24, 2.45) is 7.05 Å². The number of aromatic nitrogens is 2. The van der Waals surface area contributed by atoms with E-state index in [9.17, 15) is 9.59 Å². The number of nitrogens with one attached hydrogen (secondary N) is 1. The summed E-state index contributed by atoms with van der Waals surface area (Å²) in [5.74, 6) is 0.0682. The number of rotatable bonds is 2. The van der Waals surface area contributed by atoms with E-state index in [0.29, 0.717) is 19.5 Å². The number of hydrogen-bond donors (Lipinski definition) is 1. The molecule has 0 unspecified atom stereocenters. The van der Waals surface area contributed by atoms with Gasteiger partial charge in [-0.2, -0.15) is 5.10 Å². The van der Waals surface area contributed by atoms with Gasteiger partial charge in [0.1, 0.15) is 5.54 Å². The van der Waals surface area contributed by atoms with Gasteiger partial charge >= 0.3 is 0 Å². The Morgan fingerprint density at radius 3 is 2.75 bits per heavy atom. The lowest BCUT2D eigenvalue weighted by Gasteiger charge is -2.31. The zero-order valence-electron chi connectivity index (χ0n) is 11.8. The predicted octanol–water partition coefficient (Wildman–Crippen LogP) is 0.581. The van der Waals surface area contributed by atoms with Crippen molar-refractivity contribution in [3.63, 3.8) is 0 Å². The maximum Gasteiger partial charge on any atom is 0.248 e. The van der Waals surface area contributed by atoms with Gasteiger partial charge in [-0.25, -0.2) is 0 Å². The van der Waals surface area contributed by atoms with Crippen LogP contribution in [0.25, 0.3) is 0 Å². The van der Waals surface area contributed by atoms with E-state index in [2.05, 4.69) is 10.4 Å². The first kappa shape index (κ1) is 13.1. The molecule has 2 heterocycles. The molecule has 1 aromatic rings. The fraction of sp³-hybridized carbons (Fsp3) is 0.643. The Bertz CT molecular complexity index is 531. The van der Waals surface area contributed by atoms with Crippen LogP contribution >= 0.6 is 0 Å². The highest BCUT2D eigenvalue weighted by Gasteiger charge is 2.46. The van der Waals surface area contributed by atoms with E-state index in [1.54, 1.807) is 15.8 Å². The van der Waals surface area contributed by atoms with Crippen molar-refractivity contribution in [1.82, 2.24) is 20.0 Å². The van der Waals surface area contributed by atoms with Gasteiger partial charge in [0, 0.05) is 38.3 Å². The van der Waals surface area contributed by atoms with Crippen LogP contribution in [0.2, 0.25) is 0 Å². The Balaban J connectivity index is 1.82. The first-order valence-electron chi connectivity index (χ1n) is 7.17. The van der Waals surface area contributed by atoms with Crippen LogP contribution in [-0.2, 0) is 23.2 Å². The highest BCUT2D eigenvalue weighted by Crippen LogP contribution is 2.33. The Kier molecular flexibility index (Phi) is 3.23. The Hall–Kier alpha value is -1.85. The molecule has 0 radical (unpaired) electrons. The highest BCUT2D eigenvalue weighted by atomic mass is 16.2. The highest BCUT2D eigenvalue weighted by molar-refractivity contribution is 5.93. The Morgan fingerprint density at radius 2 is 2.10 bits per heavy atom. The maximum absolute atomic E-state index is 12.8. The number of carbonyl (C=O) groups is 2. The van der Waals surface area contributed by atoms with Crippen LogP contribution in [0.4, 0.5) is 0 Å². The monoisotopic (exact) mass is 276 g/mol. The third-order valence-corrected chi connectivity index (χ3v) is 4.27. The van der Waals surface area contributed by atoms with Crippen molar-refractivity contribution in [1.29, 1.82) is 0 Å². The smallest absolute Gasteiger partial charge is 0.248 e. The number of aryl methyl sites for hydroxylation is 1. The first-order chi connectivity index (χ1) is 9.59. The van der Waals surface area contributed by atoms with Crippen molar-refractivity contribution in [3.05, 3.63) is 18.0 Å². The van der Waals surface area contributed by atoms with Gasteiger partial charge in [0.15, 0.2) is 0 Å². The average Bonchev–Trinajstić information content (AvgIpc) is 3.01. The van der Waals surface area contributed by atoms with Gasteiger partial charge in [0.2, 0.25) is 11.8 Å². The van der Waals surface area contributed by atoms with Crippen LogP contribution in [-0.4, -0.2) is 38.6 Å². The predicted molar refractivity (Wildman–Crippen MR) is 72.6 cm³/mol. The van der Waals surface area contributed by atoms with Gasteiger partial charge in [-0.1, -0.05) is 12.8 Å². The van der Waals surface area contributed by atoms with Gasteiger partial charge in [-0.05, 0) is 12.8 Å². The molecule has 2 fully saturated rings.